The van der Waals surface area contributed by atoms with Crippen LogP contribution in [0.2, 0.25) is 0 Å². The largest absolute Gasteiger partial charge is 0.328 e. The van der Waals surface area contributed by atoms with Crippen LogP contribution in [0.4, 0.5) is 0 Å². The molecule has 2 heteroatoms. The van der Waals surface area contributed by atoms with Gasteiger partial charge in [0.1, 0.15) is 0 Å². The molecule has 0 aromatic heterocycles. The molecule has 0 saturated carbocycles. The predicted molar refractivity (Wildman–Crippen MR) is 96.9 cm³/mol. The Labute approximate surface area is 135 Å². The Bertz CT molecular complexity index is 212. The van der Waals surface area contributed by atoms with Crippen molar-refractivity contribution in [2.45, 2.75) is 77.6 Å². The molecule has 21 heavy (non-hydrogen) atoms. The lowest BCUT2D eigenvalue weighted by atomic mass is 10.1. The third-order valence-electron chi connectivity index (χ3n) is 4.49. The summed E-state index contributed by atoms with van der Waals surface area (Å²) < 4.78 is 1.22. The van der Waals surface area contributed by atoms with Crippen LogP contribution in [0.5, 0.6) is 0 Å². The van der Waals surface area contributed by atoms with Gasteiger partial charge in [-0.05, 0) is 52.7 Å². The summed E-state index contributed by atoms with van der Waals surface area (Å²) in [7, 11) is 9.16. The quantitative estimate of drug-likeness (QED) is 0.306. The van der Waals surface area contributed by atoms with Crippen LogP contribution in [0.25, 0.3) is 0 Å². The first-order valence-electron chi connectivity index (χ1n) is 9.44. The highest BCUT2D eigenvalue weighted by atomic mass is 15.3. The van der Waals surface area contributed by atoms with Gasteiger partial charge in [0.25, 0.3) is 0 Å². The Morgan fingerprint density at radius 2 is 1.05 bits per heavy atom. The summed E-state index contributed by atoms with van der Waals surface area (Å²) in [4.78, 5) is 2.29. The summed E-state index contributed by atoms with van der Waals surface area (Å²) in [5, 5.41) is 0. The molecule has 0 heterocycles. The van der Waals surface area contributed by atoms with Crippen molar-refractivity contribution in [3.63, 3.8) is 0 Å². The lowest BCUT2D eigenvalue weighted by Gasteiger charge is -2.30. The molecule has 0 aromatic rings. The topological polar surface area (TPSA) is 3.24 Å². The SMILES string of the molecule is CCCCCCCCC[N+](C)(C)CCCCCCN(C)C. The highest BCUT2D eigenvalue weighted by molar-refractivity contribution is 4.48. The summed E-state index contributed by atoms with van der Waals surface area (Å²) in [6, 6.07) is 0. The van der Waals surface area contributed by atoms with Gasteiger partial charge in [-0.15, -0.1) is 0 Å². The molecule has 0 N–H and O–H groups in total. The molecule has 0 aliphatic carbocycles. The lowest BCUT2D eigenvalue weighted by Crippen LogP contribution is -2.41. The Morgan fingerprint density at radius 3 is 1.52 bits per heavy atom. The molecule has 2 nitrogen and oxygen atoms in total. The Hall–Kier alpha value is -0.0800. The maximum absolute atomic E-state index is 2.41. The lowest BCUT2D eigenvalue weighted by molar-refractivity contribution is -0.890. The first kappa shape index (κ1) is 20.9. The molecule has 0 bridgehead atoms. The molecule has 0 amide bonds. The molecule has 128 valence electrons. The Balaban J connectivity index is 3.39. The van der Waals surface area contributed by atoms with Crippen LogP contribution in [0.1, 0.15) is 77.6 Å². The van der Waals surface area contributed by atoms with E-state index in [2.05, 4.69) is 40.0 Å². The van der Waals surface area contributed by atoms with E-state index < -0.39 is 0 Å². The number of nitrogens with zero attached hydrogens (tertiary/aromatic N) is 2. The van der Waals surface area contributed by atoms with E-state index in [1.807, 2.05) is 0 Å². The molecule has 0 aliphatic rings. The highest BCUT2D eigenvalue weighted by Gasteiger charge is 2.13. The minimum absolute atomic E-state index is 1.22. The van der Waals surface area contributed by atoms with Gasteiger partial charge < -0.3 is 9.38 Å². The number of hydrogen-bond acceptors (Lipinski definition) is 1. The number of unbranched alkanes of at least 4 members (excludes halogenated alkanes) is 9. The second kappa shape index (κ2) is 13.6. The molecule has 0 aliphatic heterocycles. The van der Waals surface area contributed by atoms with Crippen molar-refractivity contribution in [3.05, 3.63) is 0 Å². The van der Waals surface area contributed by atoms with E-state index >= 15 is 0 Å². The van der Waals surface area contributed by atoms with Crippen molar-refractivity contribution >= 4 is 0 Å². The number of quaternary nitrogens is 1. The molecular formula is C19H43N2+. The molecule has 0 radical (unpaired) electrons. The molecular weight excluding hydrogens is 256 g/mol. The van der Waals surface area contributed by atoms with E-state index in [4.69, 9.17) is 0 Å². The van der Waals surface area contributed by atoms with Gasteiger partial charge in [-0.1, -0.05) is 45.4 Å². The summed E-state index contributed by atoms with van der Waals surface area (Å²) >= 11 is 0. The van der Waals surface area contributed by atoms with Crippen LogP contribution in [-0.4, -0.2) is 57.2 Å². The molecule has 0 saturated heterocycles. The Morgan fingerprint density at radius 1 is 0.619 bits per heavy atom. The van der Waals surface area contributed by atoms with Crippen molar-refractivity contribution in [2.75, 3.05) is 47.8 Å². The Kier molecular flexibility index (Phi) is 13.5. The molecule has 0 rings (SSSR count). The zero-order valence-electron chi connectivity index (χ0n) is 15.8. The van der Waals surface area contributed by atoms with Crippen molar-refractivity contribution in [2.24, 2.45) is 0 Å². The van der Waals surface area contributed by atoms with E-state index in [1.165, 1.54) is 94.7 Å². The minimum Gasteiger partial charge on any atom is -0.328 e. The van der Waals surface area contributed by atoms with Gasteiger partial charge in [-0.25, -0.2) is 0 Å². The van der Waals surface area contributed by atoms with E-state index in [9.17, 15) is 0 Å². The van der Waals surface area contributed by atoms with Crippen LogP contribution < -0.4 is 0 Å². The van der Waals surface area contributed by atoms with Crippen LogP contribution in [-0.2, 0) is 0 Å². The first-order chi connectivity index (χ1) is 9.98. The second-order valence-corrected chi connectivity index (χ2v) is 7.72. The molecule has 0 fully saturated rings. The maximum Gasteiger partial charge on any atom is 0.0782 e. The van der Waals surface area contributed by atoms with Gasteiger partial charge in [0.05, 0.1) is 27.2 Å². The highest BCUT2D eigenvalue weighted by Crippen LogP contribution is 2.11. The van der Waals surface area contributed by atoms with Crippen LogP contribution in [0.3, 0.4) is 0 Å². The van der Waals surface area contributed by atoms with Crippen molar-refractivity contribution in [1.29, 1.82) is 0 Å². The van der Waals surface area contributed by atoms with E-state index in [0.717, 1.165) is 0 Å². The standard InChI is InChI=1S/C19H43N2/c1-6-7-8-9-10-12-15-18-21(4,5)19-16-13-11-14-17-20(2)3/h6-19H2,1-5H3/q+1. The minimum atomic E-state index is 1.22. The summed E-state index contributed by atoms with van der Waals surface area (Å²) in [6.07, 6.45) is 15.6. The maximum atomic E-state index is 2.41. The summed E-state index contributed by atoms with van der Waals surface area (Å²) in [5.74, 6) is 0. The monoisotopic (exact) mass is 299 g/mol. The van der Waals surface area contributed by atoms with Gasteiger partial charge in [-0.3, -0.25) is 0 Å². The summed E-state index contributed by atoms with van der Waals surface area (Å²) in [5.41, 5.74) is 0. The first-order valence-corrected chi connectivity index (χ1v) is 9.44. The predicted octanol–water partition coefficient (Wildman–Crippen LogP) is 4.94. The average Bonchev–Trinajstić information content (AvgIpc) is 2.41. The second-order valence-electron chi connectivity index (χ2n) is 7.72. The fourth-order valence-electron chi connectivity index (χ4n) is 2.93. The fraction of sp³-hybridized carbons (Fsp3) is 1.00. The van der Waals surface area contributed by atoms with Gasteiger partial charge in [0, 0.05) is 0 Å². The third kappa shape index (κ3) is 16.1. The van der Waals surface area contributed by atoms with Crippen LogP contribution in [0.15, 0.2) is 0 Å². The van der Waals surface area contributed by atoms with Gasteiger partial charge >= 0.3 is 0 Å². The van der Waals surface area contributed by atoms with E-state index in [1.54, 1.807) is 0 Å². The number of rotatable bonds is 15. The van der Waals surface area contributed by atoms with Crippen molar-refractivity contribution in [3.8, 4) is 0 Å². The molecule has 0 spiro atoms. The van der Waals surface area contributed by atoms with E-state index in [-0.39, 0.29) is 0 Å². The molecule has 0 unspecified atom stereocenters. The third-order valence-corrected chi connectivity index (χ3v) is 4.49. The number of hydrogen-bond donors (Lipinski definition) is 0. The van der Waals surface area contributed by atoms with Gasteiger partial charge in [0.2, 0.25) is 0 Å². The molecule has 0 atom stereocenters. The van der Waals surface area contributed by atoms with Crippen LogP contribution in [0, 0.1) is 0 Å². The van der Waals surface area contributed by atoms with Gasteiger partial charge in [0.15, 0.2) is 0 Å². The van der Waals surface area contributed by atoms with Crippen LogP contribution >= 0.6 is 0 Å². The fourth-order valence-corrected chi connectivity index (χ4v) is 2.93. The zero-order chi connectivity index (χ0) is 16.0. The summed E-state index contributed by atoms with van der Waals surface area (Å²) in [6.45, 7) is 6.26. The van der Waals surface area contributed by atoms with Crippen molar-refractivity contribution in [1.82, 2.24) is 4.90 Å². The average molecular weight is 300 g/mol. The smallest absolute Gasteiger partial charge is 0.0782 e. The van der Waals surface area contributed by atoms with Gasteiger partial charge in [-0.2, -0.15) is 0 Å². The zero-order valence-corrected chi connectivity index (χ0v) is 15.8. The molecule has 0 aromatic carbocycles. The normalized spacial score (nSPS) is 12.3. The van der Waals surface area contributed by atoms with E-state index in [0.29, 0.717) is 0 Å². The van der Waals surface area contributed by atoms with Crippen molar-refractivity contribution < 1.29 is 4.48 Å².